The van der Waals surface area contributed by atoms with Gasteiger partial charge in [-0.2, -0.15) is 0 Å². The molecule has 0 bridgehead atoms. The average molecular weight is 78.2 g/mol. The van der Waals surface area contributed by atoms with Crippen LogP contribution in [0.5, 0.6) is 0 Å². The second-order valence-corrected chi connectivity index (χ2v) is 0.236. The van der Waals surface area contributed by atoms with Crippen molar-refractivity contribution in [1.82, 2.24) is 0 Å². The Balaban J connectivity index is -0.0000000200. The summed E-state index contributed by atoms with van der Waals surface area (Å²) in [6.07, 6.45) is 0. The van der Waals surface area contributed by atoms with Crippen molar-refractivity contribution in [3.05, 3.63) is 0 Å². The summed E-state index contributed by atoms with van der Waals surface area (Å²) < 4.78 is 0. The van der Waals surface area contributed by atoms with Crippen LogP contribution in [0.15, 0.2) is 0 Å². The summed E-state index contributed by atoms with van der Waals surface area (Å²) in [6, 6.07) is 0. The molecule has 0 radical (unpaired) electrons. The fourth-order valence-corrected chi connectivity index (χ4v) is 0. The van der Waals surface area contributed by atoms with Crippen molar-refractivity contribution in [3.63, 3.8) is 0 Å². The van der Waals surface area contributed by atoms with Crippen LogP contribution in [0.3, 0.4) is 0 Å². The van der Waals surface area contributed by atoms with Gasteiger partial charge in [0.25, 0.3) is 0 Å². The van der Waals surface area contributed by atoms with E-state index in [1.54, 1.807) is 0 Å². The molecule has 0 rings (SSSR count). The van der Waals surface area contributed by atoms with Crippen molar-refractivity contribution in [2.75, 3.05) is 6.67 Å². The molecule has 0 atom stereocenters. The lowest BCUT2D eigenvalue weighted by atomic mass is 11.3. The van der Waals surface area contributed by atoms with Crippen molar-refractivity contribution in [2.24, 2.45) is 11.5 Å². The second kappa shape index (κ2) is 39.5. The maximum absolute atomic E-state index is 4.62. The highest BCUT2D eigenvalue weighted by Gasteiger charge is 1.29. The minimum atomic E-state index is 0. The van der Waals surface area contributed by atoms with Crippen LogP contribution < -0.4 is 11.5 Å². The monoisotopic (exact) mass is 78.1 g/mol. The van der Waals surface area contributed by atoms with Crippen LogP contribution in [-0.2, 0) is 0 Å². The normalized spacial score (nSPS) is 3.60. The summed E-state index contributed by atoms with van der Waals surface area (Å²) in [7, 11) is 0. The van der Waals surface area contributed by atoms with Crippen molar-refractivity contribution < 1.29 is 0 Å². The highest BCUT2D eigenvalue weighted by molar-refractivity contribution is 3.94. The van der Waals surface area contributed by atoms with Gasteiger partial charge in [0.15, 0.2) is 0 Å². The fraction of sp³-hybridized carbons (Fsp3) is 1.00. The third kappa shape index (κ3) is 2260. The van der Waals surface area contributed by atoms with Gasteiger partial charge >= 0.3 is 0 Å². The van der Waals surface area contributed by atoms with Gasteiger partial charge in [-0.15, -0.1) is 0 Å². The van der Waals surface area contributed by atoms with Gasteiger partial charge in [-0.25, -0.2) is 0 Å². The lowest BCUT2D eigenvalue weighted by Crippen LogP contribution is -2.08. The average Bonchev–Trinajstić information content (AvgIpc) is 0.918. The molecular weight excluding hydrogens is 64.0 g/mol. The molecule has 0 aliphatic carbocycles. The molecule has 2 nitrogen and oxygen atoms in total. The van der Waals surface area contributed by atoms with Crippen LogP contribution in [0.2, 0.25) is 0 Å². The van der Waals surface area contributed by atoms with E-state index in [1.165, 1.54) is 0 Å². The van der Waals surface area contributed by atoms with E-state index in [0.717, 1.165) is 0 Å². The lowest BCUT2D eigenvalue weighted by molar-refractivity contribution is 1.07. The van der Waals surface area contributed by atoms with Gasteiger partial charge in [0.1, 0.15) is 0 Å². The van der Waals surface area contributed by atoms with E-state index in [1.807, 2.05) is 0 Å². The minimum Gasteiger partial charge on any atom is -0.319 e. The number of nitrogens with two attached hydrogens (primary N) is 2. The maximum Gasteiger partial charge on any atom is 0.0403 e. The molecule has 0 aliphatic rings. The van der Waals surface area contributed by atoms with E-state index in [4.69, 9.17) is 0 Å². The van der Waals surface area contributed by atoms with Gasteiger partial charge < -0.3 is 11.5 Å². The largest absolute Gasteiger partial charge is 0.319 e. The van der Waals surface area contributed by atoms with Gasteiger partial charge in [0, 0.05) is 6.67 Å². The summed E-state index contributed by atoms with van der Waals surface area (Å²) in [6.45, 7) is 0.250. The standard InChI is InChI=1S/CH6N2.2CH4/c2-1-3;;/h1-3H2;2*1H4. The summed E-state index contributed by atoms with van der Waals surface area (Å²) in [5, 5.41) is 0. The highest BCUT2D eigenvalue weighted by atomic mass is 14.7. The molecule has 0 saturated carbocycles. The van der Waals surface area contributed by atoms with E-state index >= 15 is 0 Å². The predicted molar refractivity (Wildman–Crippen MR) is 26.7 cm³/mol. The zero-order valence-electron chi connectivity index (χ0n) is 1.86. The maximum atomic E-state index is 4.62. The molecule has 0 saturated heterocycles. The Kier molecular flexibility index (Phi) is 162. The number of hydrogen-bond acceptors (Lipinski definition) is 2. The van der Waals surface area contributed by atoms with Gasteiger partial charge in [0.2, 0.25) is 0 Å². The molecular formula is C3H14N2. The first-order chi connectivity index (χ1) is 1.41. The third-order valence-corrected chi connectivity index (χ3v) is 0. The SMILES string of the molecule is C.C.NCN. The summed E-state index contributed by atoms with van der Waals surface area (Å²) in [5.41, 5.74) is 9.25. The first kappa shape index (κ1) is 20.5. The summed E-state index contributed by atoms with van der Waals surface area (Å²) in [5.74, 6) is 0. The molecule has 0 amide bonds. The number of rotatable bonds is 0. The van der Waals surface area contributed by atoms with Crippen molar-refractivity contribution in [1.29, 1.82) is 0 Å². The van der Waals surface area contributed by atoms with Crippen LogP contribution in [0, 0.1) is 0 Å². The Hall–Kier alpha value is -0.0800. The molecule has 0 unspecified atom stereocenters. The first-order valence-electron chi connectivity index (χ1n) is 0.816. The molecule has 0 aromatic heterocycles. The molecule has 2 heteroatoms. The van der Waals surface area contributed by atoms with E-state index in [2.05, 4.69) is 11.5 Å². The van der Waals surface area contributed by atoms with E-state index < -0.39 is 0 Å². The Morgan fingerprint density at radius 1 is 1.00 bits per heavy atom. The van der Waals surface area contributed by atoms with Crippen LogP contribution in [0.4, 0.5) is 0 Å². The van der Waals surface area contributed by atoms with Crippen LogP contribution in [0.25, 0.3) is 0 Å². The Labute approximate surface area is 34.2 Å². The quantitative estimate of drug-likeness (QED) is 0.405. The van der Waals surface area contributed by atoms with Gasteiger partial charge in [-0.05, 0) is 0 Å². The van der Waals surface area contributed by atoms with Gasteiger partial charge in [-0.1, -0.05) is 14.9 Å². The Morgan fingerprint density at radius 2 is 1.00 bits per heavy atom. The van der Waals surface area contributed by atoms with Crippen LogP contribution in [-0.4, -0.2) is 6.67 Å². The van der Waals surface area contributed by atoms with E-state index in [9.17, 15) is 0 Å². The molecule has 0 aromatic rings. The van der Waals surface area contributed by atoms with Crippen LogP contribution in [0.1, 0.15) is 14.9 Å². The summed E-state index contributed by atoms with van der Waals surface area (Å²) >= 11 is 0. The van der Waals surface area contributed by atoms with Crippen molar-refractivity contribution >= 4 is 0 Å². The molecule has 0 spiro atoms. The smallest absolute Gasteiger partial charge is 0.0403 e. The van der Waals surface area contributed by atoms with E-state index in [0.29, 0.717) is 0 Å². The third-order valence-electron chi connectivity index (χ3n) is 0. The van der Waals surface area contributed by atoms with Crippen molar-refractivity contribution in [3.8, 4) is 0 Å². The molecule has 0 fully saturated rings. The zero-order chi connectivity index (χ0) is 2.71. The van der Waals surface area contributed by atoms with Crippen molar-refractivity contribution in [2.45, 2.75) is 14.9 Å². The molecule has 0 aromatic carbocycles. The predicted octanol–water partition coefficient (Wildman–Crippen LogP) is 0.134. The first-order valence-corrected chi connectivity index (χ1v) is 0.816. The zero-order valence-corrected chi connectivity index (χ0v) is 1.86. The topological polar surface area (TPSA) is 52.0 Å². The second-order valence-electron chi connectivity index (χ2n) is 0.236. The minimum absolute atomic E-state index is 0. The van der Waals surface area contributed by atoms with E-state index in [-0.39, 0.29) is 21.5 Å². The fourth-order valence-electron chi connectivity index (χ4n) is 0. The Morgan fingerprint density at radius 3 is 1.00 bits per heavy atom. The molecule has 0 heterocycles. The van der Waals surface area contributed by atoms with Crippen LogP contribution >= 0.6 is 0 Å². The molecule has 4 N–H and O–H groups in total. The molecule has 5 heavy (non-hydrogen) atoms. The lowest BCUT2D eigenvalue weighted by Gasteiger charge is -1.56. The van der Waals surface area contributed by atoms with Gasteiger partial charge in [0.05, 0.1) is 0 Å². The number of hydrogen-bond donors (Lipinski definition) is 2. The summed E-state index contributed by atoms with van der Waals surface area (Å²) in [4.78, 5) is 0. The highest BCUT2D eigenvalue weighted by Crippen LogP contribution is 0.861. The van der Waals surface area contributed by atoms with Gasteiger partial charge in [-0.3, -0.25) is 0 Å². The Bertz CT molecular complexity index is 4.85. The molecule has 36 valence electrons. The molecule has 0 aliphatic heterocycles.